The van der Waals surface area contributed by atoms with E-state index < -0.39 is 0 Å². The molecule has 0 saturated carbocycles. The number of rotatable bonds is 2. The van der Waals surface area contributed by atoms with Gasteiger partial charge in [0, 0.05) is 0 Å². The van der Waals surface area contributed by atoms with Crippen LogP contribution >= 0.6 is 27.3 Å². The van der Waals surface area contributed by atoms with Crippen LogP contribution in [0.25, 0.3) is 10.7 Å². The summed E-state index contributed by atoms with van der Waals surface area (Å²) < 4.78 is 0.679. The Balaban J connectivity index is 2.43. The number of nitrogens with one attached hydrogen (secondary N) is 1. The maximum Gasteiger partial charge on any atom is 0.149 e. The number of aromatic amines is 1. The van der Waals surface area contributed by atoms with Gasteiger partial charge in [-0.3, -0.25) is 0 Å². The number of aromatic nitrogens is 2. The fourth-order valence-corrected chi connectivity index (χ4v) is 2.09. The van der Waals surface area contributed by atoms with Crippen molar-refractivity contribution in [3.63, 3.8) is 0 Å². The van der Waals surface area contributed by atoms with Gasteiger partial charge in [-0.05, 0) is 27.4 Å². The topological polar surface area (TPSA) is 48.9 Å². The number of halogens is 1. The predicted molar refractivity (Wildman–Crippen MR) is 55.5 cm³/mol. The first-order valence-corrected chi connectivity index (χ1v) is 5.37. The highest BCUT2D eigenvalue weighted by molar-refractivity contribution is 9.10. The molecule has 13 heavy (non-hydrogen) atoms. The van der Waals surface area contributed by atoms with Gasteiger partial charge in [-0.15, -0.1) is 11.3 Å². The molecule has 0 radical (unpaired) electrons. The van der Waals surface area contributed by atoms with E-state index in [4.69, 9.17) is 5.11 Å². The first-order valence-electron chi connectivity index (χ1n) is 3.70. The molecule has 0 atom stereocenters. The normalized spacial score (nSPS) is 10.6. The summed E-state index contributed by atoms with van der Waals surface area (Å²) in [6.45, 7) is -0.0288. The van der Waals surface area contributed by atoms with E-state index in [-0.39, 0.29) is 6.61 Å². The molecule has 0 bridgehead atoms. The van der Waals surface area contributed by atoms with Gasteiger partial charge in [-0.25, -0.2) is 4.98 Å². The quantitative estimate of drug-likeness (QED) is 0.869. The van der Waals surface area contributed by atoms with Crippen molar-refractivity contribution in [3.05, 3.63) is 27.8 Å². The van der Waals surface area contributed by atoms with E-state index in [1.807, 2.05) is 17.5 Å². The smallest absolute Gasteiger partial charge is 0.149 e. The average molecular weight is 259 g/mol. The van der Waals surface area contributed by atoms with Crippen LogP contribution in [-0.2, 0) is 6.61 Å². The van der Waals surface area contributed by atoms with Gasteiger partial charge in [-0.2, -0.15) is 0 Å². The zero-order valence-electron chi connectivity index (χ0n) is 6.62. The molecule has 0 fully saturated rings. The summed E-state index contributed by atoms with van der Waals surface area (Å²) in [5, 5.41) is 10.9. The van der Waals surface area contributed by atoms with Crippen molar-refractivity contribution in [1.29, 1.82) is 0 Å². The molecule has 2 N–H and O–H groups in total. The lowest BCUT2D eigenvalue weighted by Gasteiger charge is -1.88. The van der Waals surface area contributed by atoms with Crippen LogP contribution < -0.4 is 0 Å². The minimum absolute atomic E-state index is 0.0288. The number of hydrogen-bond acceptors (Lipinski definition) is 3. The van der Waals surface area contributed by atoms with Crippen LogP contribution in [0.1, 0.15) is 5.69 Å². The molecule has 68 valence electrons. The largest absolute Gasteiger partial charge is 0.390 e. The lowest BCUT2D eigenvalue weighted by atomic mass is 10.4. The Morgan fingerprint density at radius 2 is 2.46 bits per heavy atom. The van der Waals surface area contributed by atoms with Crippen molar-refractivity contribution in [2.45, 2.75) is 6.61 Å². The maximum absolute atomic E-state index is 8.93. The monoisotopic (exact) mass is 258 g/mol. The van der Waals surface area contributed by atoms with E-state index in [2.05, 4.69) is 25.9 Å². The average Bonchev–Trinajstić information content (AvgIpc) is 2.71. The molecule has 0 aliphatic carbocycles. The Bertz CT molecular complexity index is 396. The van der Waals surface area contributed by atoms with Crippen LogP contribution in [0, 0.1) is 0 Å². The van der Waals surface area contributed by atoms with Gasteiger partial charge in [0.2, 0.25) is 0 Å². The highest BCUT2D eigenvalue weighted by Gasteiger charge is 2.08. The van der Waals surface area contributed by atoms with Crippen LogP contribution in [-0.4, -0.2) is 15.1 Å². The molecule has 0 aliphatic heterocycles. The minimum Gasteiger partial charge on any atom is -0.390 e. The third kappa shape index (κ3) is 1.67. The summed E-state index contributed by atoms with van der Waals surface area (Å²) in [4.78, 5) is 8.34. The zero-order chi connectivity index (χ0) is 9.26. The van der Waals surface area contributed by atoms with Crippen LogP contribution in [0.4, 0.5) is 0 Å². The number of hydrogen-bond donors (Lipinski definition) is 2. The Morgan fingerprint density at radius 3 is 3.00 bits per heavy atom. The second-order valence-electron chi connectivity index (χ2n) is 2.49. The standard InChI is InChI=1S/C8H7BrN2OS/c9-7-5(4-12)10-8(11-7)6-2-1-3-13-6/h1-3,12H,4H2,(H,10,11). The van der Waals surface area contributed by atoms with Crippen LogP contribution in [0.5, 0.6) is 0 Å². The van der Waals surface area contributed by atoms with Gasteiger partial charge < -0.3 is 10.1 Å². The van der Waals surface area contributed by atoms with Gasteiger partial charge in [-0.1, -0.05) is 6.07 Å². The van der Waals surface area contributed by atoms with Crippen molar-refractivity contribution in [2.24, 2.45) is 0 Å². The fourth-order valence-electron chi connectivity index (χ4n) is 1.02. The summed E-state index contributed by atoms with van der Waals surface area (Å²) in [6, 6.07) is 3.95. The Hall–Kier alpha value is -0.650. The summed E-state index contributed by atoms with van der Waals surface area (Å²) in [5.74, 6) is 0.797. The molecule has 0 spiro atoms. The van der Waals surface area contributed by atoms with Crippen molar-refractivity contribution in [2.75, 3.05) is 0 Å². The van der Waals surface area contributed by atoms with E-state index in [9.17, 15) is 0 Å². The summed E-state index contributed by atoms with van der Waals surface area (Å²) in [5.41, 5.74) is 0.711. The van der Waals surface area contributed by atoms with Gasteiger partial charge >= 0.3 is 0 Å². The maximum atomic E-state index is 8.93. The minimum atomic E-state index is -0.0288. The number of nitrogens with zero attached hydrogens (tertiary/aromatic N) is 1. The number of thiophene rings is 1. The lowest BCUT2D eigenvalue weighted by molar-refractivity contribution is 0.276. The van der Waals surface area contributed by atoms with E-state index in [1.165, 1.54) is 0 Å². The van der Waals surface area contributed by atoms with E-state index >= 15 is 0 Å². The fraction of sp³-hybridized carbons (Fsp3) is 0.125. The highest BCUT2D eigenvalue weighted by Crippen LogP contribution is 2.25. The first-order chi connectivity index (χ1) is 6.31. The first kappa shape index (κ1) is 8.93. The van der Waals surface area contributed by atoms with E-state index in [1.54, 1.807) is 11.3 Å². The predicted octanol–water partition coefficient (Wildman–Crippen LogP) is 2.39. The van der Waals surface area contributed by atoms with Gasteiger partial charge in [0.15, 0.2) is 0 Å². The van der Waals surface area contributed by atoms with Gasteiger partial charge in [0.25, 0.3) is 0 Å². The van der Waals surface area contributed by atoms with Crippen molar-refractivity contribution >= 4 is 27.3 Å². The summed E-state index contributed by atoms with van der Waals surface area (Å²) in [6.07, 6.45) is 0. The molecule has 2 rings (SSSR count). The molecule has 0 aliphatic rings. The molecule has 2 aromatic rings. The van der Waals surface area contributed by atoms with Crippen LogP contribution in [0.2, 0.25) is 0 Å². The summed E-state index contributed by atoms with van der Waals surface area (Å²) in [7, 11) is 0. The number of H-pyrrole nitrogens is 1. The molecule has 5 heteroatoms. The third-order valence-corrected chi connectivity index (χ3v) is 3.17. The van der Waals surface area contributed by atoms with Gasteiger partial charge in [0.1, 0.15) is 10.4 Å². The lowest BCUT2D eigenvalue weighted by Crippen LogP contribution is -1.82. The van der Waals surface area contributed by atoms with Crippen LogP contribution in [0.15, 0.2) is 22.1 Å². The SMILES string of the molecule is OCc1[nH]c(-c2cccs2)nc1Br. The summed E-state index contributed by atoms with van der Waals surface area (Å²) >= 11 is 4.88. The highest BCUT2D eigenvalue weighted by atomic mass is 79.9. The number of imidazole rings is 1. The van der Waals surface area contributed by atoms with Crippen molar-refractivity contribution in [3.8, 4) is 10.7 Å². The molecule has 0 saturated heterocycles. The van der Waals surface area contributed by atoms with Crippen molar-refractivity contribution in [1.82, 2.24) is 9.97 Å². The van der Waals surface area contributed by atoms with Crippen LogP contribution in [0.3, 0.4) is 0 Å². The Kier molecular flexibility index (Phi) is 2.48. The number of aliphatic hydroxyl groups excluding tert-OH is 1. The van der Waals surface area contributed by atoms with Crippen molar-refractivity contribution < 1.29 is 5.11 Å². The molecule has 0 aromatic carbocycles. The molecule has 2 heterocycles. The third-order valence-electron chi connectivity index (χ3n) is 1.64. The van der Waals surface area contributed by atoms with Gasteiger partial charge in [0.05, 0.1) is 17.2 Å². The second kappa shape index (κ2) is 3.61. The van der Waals surface area contributed by atoms with E-state index in [0.717, 1.165) is 10.7 Å². The molecular weight excluding hydrogens is 252 g/mol. The Labute approximate surface area is 87.6 Å². The zero-order valence-corrected chi connectivity index (χ0v) is 9.02. The molecule has 3 nitrogen and oxygen atoms in total. The number of aliphatic hydroxyl groups is 1. The van der Waals surface area contributed by atoms with E-state index in [0.29, 0.717) is 10.3 Å². The second-order valence-corrected chi connectivity index (χ2v) is 4.19. The molecule has 0 unspecified atom stereocenters. The molecule has 2 aromatic heterocycles. The molecule has 0 amide bonds. The Morgan fingerprint density at radius 1 is 1.62 bits per heavy atom. The molecular formula is C8H7BrN2OS.